The van der Waals surface area contributed by atoms with Gasteiger partial charge in [0.15, 0.2) is 0 Å². The van der Waals surface area contributed by atoms with Crippen LogP contribution in [0.5, 0.6) is 0 Å². The summed E-state index contributed by atoms with van der Waals surface area (Å²) in [5.41, 5.74) is 1.98. The molecule has 7 nitrogen and oxygen atoms in total. The molecule has 0 aromatic carbocycles. The van der Waals surface area contributed by atoms with E-state index in [1.54, 1.807) is 16.8 Å². The van der Waals surface area contributed by atoms with E-state index in [9.17, 15) is 9.59 Å². The zero-order chi connectivity index (χ0) is 19.6. The van der Waals surface area contributed by atoms with Crippen LogP contribution in [0.1, 0.15) is 48.5 Å². The highest BCUT2D eigenvalue weighted by molar-refractivity contribution is 5.96. The number of fused-ring (bicyclic) bond motifs is 2. The summed E-state index contributed by atoms with van der Waals surface area (Å²) >= 11 is 0. The summed E-state index contributed by atoms with van der Waals surface area (Å²) in [5.74, 6) is -0.377. The highest BCUT2D eigenvalue weighted by atomic mass is 16.1. The van der Waals surface area contributed by atoms with E-state index >= 15 is 0 Å². The number of unbranched alkanes of at least 4 members (excludes halogenated alkanes) is 3. The average molecular weight is 367 g/mol. The van der Waals surface area contributed by atoms with Crippen molar-refractivity contribution in [1.29, 1.82) is 5.41 Å². The zero-order valence-corrected chi connectivity index (χ0v) is 16.0. The lowest BCUT2D eigenvalue weighted by molar-refractivity contribution is 0.0960. The summed E-state index contributed by atoms with van der Waals surface area (Å²) < 4.78 is 3.19. The Hall–Kier alpha value is -2.96. The number of amides is 1. The molecular formula is C20H25N5O2. The molecule has 0 saturated carbocycles. The monoisotopic (exact) mass is 367 g/mol. The largest absolute Gasteiger partial charge is 0.355 e. The van der Waals surface area contributed by atoms with Crippen LogP contribution in [-0.4, -0.2) is 26.9 Å². The third-order valence-corrected chi connectivity index (χ3v) is 4.76. The standard InChI is InChI=1S/C20H25N5O2/c1-4-5-6-7-10-24-17(21)14(19(26)22-3)11-15-18(24)23-16-9-8-13(2)12-25(16)20(15)27/h8-9,11-12,21H,4-7,10H2,1-3H3,(H,22,26). The van der Waals surface area contributed by atoms with Gasteiger partial charge in [0.05, 0.1) is 10.9 Å². The Labute approximate surface area is 157 Å². The van der Waals surface area contributed by atoms with E-state index in [1.807, 2.05) is 13.0 Å². The molecule has 1 amide bonds. The number of hydrogen-bond donors (Lipinski definition) is 2. The molecule has 0 aliphatic rings. The van der Waals surface area contributed by atoms with Crippen molar-refractivity contribution < 1.29 is 4.79 Å². The van der Waals surface area contributed by atoms with Gasteiger partial charge in [-0.3, -0.25) is 19.4 Å². The average Bonchev–Trinajstić information content (AvgIpc) is 2.66. The molecule has 0 fully saturated rings. The molecule has 142 valence electrons. The fourth-order valence-electron chi connectivity index (χ4n) is 3.27. The second-order valence-corrected chi connectivity index (χ2v) is 6.79. The first-order chi connectivity index (χ1) is 13.0. The number of rotatable bonds is 6. The molecule has 7 heteroatoms. The molecule has 0 radical (unpaired) electrons. The Morgan fingerprint density at radius 1 is 1.26 bits per heavy atom. The second kappa shape index (κ2) is 7.73. The quantitative estimate of drug-likeness (QED) is 0.517. The van der Waals surface area contributed by atoms with Crippen molar-refractivity contribution >= 4 is 22.6 Å². The van der Waals surface area contributed by atoms with E-state index in [1.165, 1.54) is 17.5 Å². The van der Waals surface area contributed by atoms with Gasteiger partial charge in [-0.15, -0.1) is 0 Å². The predicted octanol–water partition coefficient (Wildman–Crippen LogP) is 2.38. The molecule has 0 aliphatic carbocycles. The summed E-state index contributed by atoms with van der Waals surface area (Å²) in [7, 11) is 1.52. The predicted molar refractivity (Wildman–Crippen MR) is 105 cm³/mol. The van der Waals surface area contributed by atoms with E-state index in [0.29, 0.717) is 23.2 Å². The van der Waals surface area contributed by atoms with Gasteiger partial charge in [-0.05, 0) is 31.0 Å². The summed E-state index contributed by atoms with van der Waals surface area (Å²) in [6, 6.07) is 5.19. The molecule has 0 spiro atoms. The minimum Gasteiger partial charge on any atom is -0.355 e. The van der Waals surface area contributed by atoms with Crippen LogP contribution in [0, 0.1) is 12.3 Å². The fourth-order valence-corrected chi connectivity index (χ4v) is 3.27. The van der Waals surface area contributed by atoms with Crippen molar-refractivity contribution in [2.24, 2.45) is 0 Å². The van der Waals surface area contributed by atoms with Crippen LogP contribution < -0.4 is 16.4 Å². The number of carbonyl (C=O) groups is 1. The molecule has 0 atom stereocenters. The maximum Gasteiger partial charge on any atom is 0.267 e. The molecule has 3 heterocycles. The number of pyridine rings is 2. The topological polar surface area (TPSA) is 92.2 Å². The SMILES string of the molecule is CCCCCCn1c(=N)c(C(=O)NC)cc2c(=O)n3cc(C)ccc3nc21. The molecule has 0 bridgehead atoms. The molecule has 0 saturated heterocycles. The molecule has 27 heavy (non-hydrogen) atoms. The van der Waals surface area contributed by atoms with Gasteiger partial charge in [0, 0.05) is 19.8 Å². The normalized spacial score (nSPS) is 11.2. The Balaban J connectivity index is 2.31. The molecule has 3 aromatic heterocycles. The first-order valence-corrected chi connectivity index (χ1v) is 9.31. The van der Waals surface area contributed by atoms with Crippen molar-refractivity contribution in [2.45, 2.75) is 46.1 Å². The van der Waals surface area contributed by atoms with Gasteiger partial charge in [0.1, 0.15) is 16.8 Å². The Morgan fingerprint density at radius 2 is 2.04 bits per heavy atom. The van der Waals surface area contributed by atoms with E-state index in [-0.39, 0.29) is 22.5 Å². The van der Waals surface area contributed by atoms with Crippen molar-refractivity contribution in [3.8, 4) is 0 Å². The zero-order valence-electron chi connectivity index (χ0n) is 16.0. The van der Waals surface area contributed by atoms with E-state index < -0.39 is 0 Å². The summed E-state index contributed by atoms with van der Waals surface area (Å²) in [6.07, 6.45) is 5.86. The van der Waals surface area contributed by atoms with Crippen molar-refractivity contribution in [2.75, 3.05) is 7.05 Å². The van der Waals surface area contributed by atoms with Gasteiger partial charge in [-0.1, -0.05) is 32.3 Å². The number of nitrogens with one attached hydrogen (secondary N) is 2. The van der Waals surface area contributed by atoms with Crippen LogP contribution in [0.15, 0.2) is 29.2 Å². The summed E-state index contributed by atoms with van der Waals surface area (Å²) in [4.78, 5) is 30.0. The van der Waals surface area contributed by atoms with Gasteiger partial charge in [-0.2, -0.15) is 0 Å². The minimum atomic E-state index is -0.377. The van der Waals surface area contributed by atoms with E-state index in [0.717, 1.165) is 31.2 Å². The molecular weight excluding hydrogens is 342 g/mol. The highest BCUT2D eigenvalue weighted by Gasteiger charge is 2.16. The third kappa shape index (κ3) is 3.49. The third-order valence-electron chi connectivity index (χ3n) is 4.76. The number of nitrogens with zero attached hydrogens (tertiary/aromatic N) is 3. The lowest BCUT2D eigenvalue weighted by Crippen LogP contribution is -2.33. The second-order valence-electron chi connectivity index (χ2n) is 6.79. The first-order valence-electron chi connectivity index (χ1n) is 9.31. The molecule has 2 N–H and O–H groups in total. The van der Waals surface area contributed by atoms with Crippen LogP contribution >= 0.6 is 0 Å². The van der Waals surface area contributed by atoms with Crippen molar-refractivity contribution in [3.63, 3.8) is 0 Å². The van der Waals surface area contributed by atoms with Crippen molar-refractivity contribution in [3.05, 3.63) is 51.4 Å². The maximum absolute atomic E-state index is 13.1. The number of aryl methyl sites for hydroxylation is 2. The number of hydrogen-bond acceptors (Lipinski definition) is 4. The van der Waals surface area contributed by atoms with Crippen LogP contribution in [0.4, 0.5) is 0 Å². The lowest BCUT2D eigenvalue weighted by Gasteiger charge is -2.14. The Bertz CT molecular complexity index is 1130. The molecule has 3 rings (SSSR count). The van der Waals surface area contributed by atoms with Crippen LogP contribution in [-0.2, 0) is 6.54 Å². The van der Waals surface area contributed by atoms with E-state index in [4.69, 9.17) is 5.41 Å². The Morgan fingerprint density at radius 3 is 2.74 bits per heavy atom. The molecule has 3 aromatic rings. The van der Waals surface area contributed by atoms with Gasteiger partial charge >= 0.3 is 0 Å². The maximum atomic E-state index is 13.1. The number of carbonyl (C=O) groups excluding carboxylic acids is 1. The van der Waals surface area contributed by atoms with Crippen LogP contribution in [0.25, 0.3) is 16.7 Å². The Kier molecular flexibility index (Phi) is 5.39. The number of aromatic nitrogens is 3. The fraction of sp³-hybridized carbons (Fsp3) is 0.400. The summed E-state index contributed by atoms with van der Waals surface area (Å²) in [5, 5.41) is 11.4. The highest BCUT2D eigenvalue weighted by Crippen LogP contribution is 2.12. The first kappa shape index (κ1) is 18.8. The van der Waals surface area contributed by atoms with Crippen molar-refractivity contribution in [1.82, 2.24) is 19.3 Å². The molecule has 0 unspecified atom stereocenters. The van der Waals surface area contributed by atoms with Crippen LogP contribution in [0.3, 0.4) is 0 Å². The van der Waals surface area contributed by atoms with Crippen LogP contribution in [0.2, 0.25) is 0 Å². The minimum absolute atomic E-state index is 0.0849. The van der Waals surface area contributed by atoms with Gasteiger partial charge in [0.2, 0.25) is 0 Å². The van der Waals surface area contributed by atoms with E-state index in [2.05, 4.69) is 17.2 Å². The van der Waals surface area contributed by atoms with Gasteiger partial charge in [0.25, 0.3) is 11.5 Å². The van der Waals surface area contributed by atoms with Gasteiger partial charge < -0.3 is 9.88 Å². The smallest absolute Gasteiger partial charge is 0.267 e. The summed E-state index contributed by atoms with van der Waals surface area (Å²) in [6.45, 7) is 4.60. The lowest BCUT2D eigenvalue weighted by atomic mass is 10.1. The van der Waals surface area contributed by atoms with Gasteiger partial charge in [-0.25, -0.2) is 4.98 Å². The molecule has 0 aliphatic heterocycles.